The van der Waals surface area contributed by atoms with E-state index in [1.54, 1.807) is 6.92 Å². The minimum absolute atomic E-state index is 0.201. The molecule has 226 valence electrons. The van der Waals surface area contributed by atoms with E-state index in [0.717, 1.165) is 38.9 Å². The first-order valence-corrected chi connectivity index (χ1v) is 16.0. The van der Waals surface area contributed by atoms with Gasteiger partial charge in [0.05, 0.1) is 6.61 Å². The van der Waals surface area contributed by atoms with E-state index in [2.05, 4.69) is 48.1 Å². The lowest BCUT2D eigenvalue weighted by atomic mass is 9.89. The summed E-state index contributed by atoms with van der Waals surface area (Å²) < 4.78 is 17.4. The molecular weight excluding hydrogens is 472 g/mol. The largest absolute Gasteiger partial charge is 0.462 e. The highest BCUT2D eigenvalue weighted by atomic mass is 16.7. The molecule has 0 fully saturated rings. The predicted molar refractivity (Wildman–Crippen MR) is 163 cm³/mol. The summed E-state index contributed by atoms with van der Waals surface area (Å²) in [6.07, 6.45) is 21.9. The molecule has 4 nitrogen and oxygen atoms in total. The van der Waals surface area contributed by atoms with Crippen molar-refractivity contribution in [2.75, 3.05) is 19.8 Å². The minimum atomic E-state index is -0.319. The van der Waals surface area contributed by atoms with E-state index < -0.39 is 0 Å². The van der Waals surface area contributed by atoms with Crippen LogP contribution >= 0.6 is 0 Å². The van der Waals surface area contributed by atoms with Crippen molar-refractivity contribution in [1.29, 1.82) is 0 Å². The quantitative estimate of drug-likeness (QED) is 0.0502. The number of hydrogen-bond donors (Lipinski definition) is 0. The summed E-state index contributed by atoms with van der Waals surface area (Å²) in [5.41, 5.74) is 1.37. The standard InChI is InChI=1S/C34H66O4/c1-30(2)32(35)38-29-23-24-31(36-27-21-17-13-9-11-15-19-25-33(3,4)5)37-28-22-18-14-10-12-16-20-26-34(6,7)8/h31H,1,9-29H2,2-8H3. The maximum atomic E-state index is 11.6. The van der Waals surface area contributed by atoms with Crippen LogP contribution in [0.1, 0.15) is 164 Å². The molecule has 0 atom stereocenters. The van der Waals surface area contributed by atoms with Crippen molar-refractivity contribution in [2.24, 2.45) is 10.8 Å². The molecule has 0 aromatic carbocycles. The summed E-state index contributed by atoms with van der Waals surface area (Å²) in [5, 5.41) is 0. The van der Waals surface area contributed by atoms with E-state index in [0.29, 0.717) is 23.0 Å². The number of esters is 1. The van der Waals surface area contributed by atoms with Crippen molar-refractivity contribution in [3.63, 3.8) is 0 Å². The highest BCUT2D eigenvalue weighted by Gasteiger charge is 2.12. The molecule has 38 heavy (non-hydrogen) atoms. The Kier molecular flexibility index (Phi) is 22.4. The van der Waals surface area contributed by atoms with Gasteiger partial charge in [-0.3, -0.25) is 0 Å². The fourth-order valence-corrected chi connectivity index (χ4v) is 4.46. The zero-order valence-electron chi connectivity index (χ0n) is 26.8. The Hall–Kier alpha value is -0.870. The smallest absolute Gasteiger partial charge is 0.333 e. The van der Waals surface area contributed by atoms with Gasteiger partial charge in [-0.1, -0.05) is 125 Å². The molecule has 0 N–H and O–H groups in total. The van der Waals surface area contributed by atoms with Gasteiger partial charge >= 0.3 is 5.97 Å². The zero-order valence-corrected chi connectivity index (χ0v) is 26.8. The first-order valence-electron chi connectivity index (χ1n) is 16.0. The molecule has 0 aliphatic heterocycles. The molecule has 0 spiro atoms. The molecule has 4 heteroatoms. The summed E-state index contributed by atoms with van der Waals surface area (Å²) in [6, 6.07) is 0. The maximum Gasteiger partial charge on any atom is 0.333 e. The van der Waals surface area contributed by atoms with E-state index in [1.807, 2.05) is 0 Å². The highest BCUT2D eigenvalue weighted by Crippen LogP contribution is 2.23. The van der Waals surface area contributed by atoms with Gasteiger partial charge in [-0.2, -0.15) is 0 Å². The Bertz CT molecular complexity index is 536. The maximum absolute atomic E-state index is 11.6. The second-order valence-corrected chi connectivity index (χ2v) is 13.8. The van der Waals surface area contributed by atoms with Gasteiger partial charge in [0.2, 0.25) is 0 Å². The third-order valence-corrected chi connectivity index (χ3v) is 6.92. The van der Waals surface area contributed by atoms with E-state index in [9.17, 15) is 4.79 Å². The van der Waals surface area contributed by atoms with Crippen LogP contribution in [0.25, 0.3) is 0 Å². The summed E-state index contributed by atoms with van der Waals surface area (Å²) >= 11 is 0. The Morgan fingerprint density at radius 1 is 0.579 bits per heavy atom. The van der Waals surface area contributed by atoms with Crippen LogP contribution in [0.5, 0.6) is 0 Å². The van der Waals surface area contributed by atoms with Crippen LogP contribution in [0, 0.1) is 10.8 Å². The molecule has 0 aliphatic rings. The third-order valence-electron chi connectivity index (χ3n) is 6.92. The Morgan fingerprint density at radius 2 is 0.947 bits per heavy atom. The predicted octanol–water partition coefficient (Wildman–Crippen LogP) is 10.6. The summed E-state index contributed by atoms with van der Waals surface area (Å²) in [4.78, 5) is 11.6. The summed E-state index contributed by atoms with van der Waals surface area (Å²) in [7, 11) is 0. The van der Waals surface area contributed by atoms with Crippen LogP contribution in [-0.4, -0.2) is 32.1 Å². The molecule has 0 unspecified atom stereocenters. The van der Waals surface area contributed by atoms with Crippen molar-refractivity contribution in [2.45, 2.75) is 170 Å². The van der Waals surface area contributed by atoms with Crippen molar-refractivity contribution >= 4 is 5.97 Å². The SMILES string of the molecule is C=C(C)C(=O)OCCCC(OCCCCCCCCCC(C)(C)C)OCCCCCCCCCC(C)(C)C. The monoisotopic (exact) mass is 538 g/mol. The fraction of sp³-hybridized carbons (Fsp3) is 0.912. The molecule has 0 saturated carbocycles. The van der Waals surface area contributed by atoms with Crippen molar-refractivity contribution in [3.05, 3.63) is 12.2 Å². The average molecular weight is 539 g/mol. The average Bonchev–Trinajstić information content (AvgIpc) is 2.81. The molecule has 0 aromatic heterocycles. The first kappa shape index (κ1) is 37.1. The minimum Gasteiger partial charge on any atom is -0.462 e. The lowest BCUT2D eigenvalue weighted by Crippen LogP contribution is -2.20. The van der Waals surface area contributed by atoms with Crippen LogP contribution in [0.2, 0.25) is 0 Å². The lowest BCUT2D eigenvalue weighted by molar-refractivity contribution is -0.152. The van der Waals surface area contributed by atoms with E-state index >= 15 is 0 Å². The molecule has 0 saturated heterocycles. The zero-order chi connectivity index (χ0) is 28.7. The molecule has 0 aromatic rings. The fourth-order valence-electron chi connectivity index (χ4n) is 4.46. The van der Waals surface area contributed by atoms with Crippen molar-refractivity contribution in [3.8, 4) is 0 Å². The number of carbonyl (C=O) groups is 1. The van der Waals surface area contributed by atoms with Gasteiger partial charge in [-0.05, 0) is 49.9 Å². The van der Waals surface area contributed by atoms with Gasteiger partial charge in [0.1, 0.15) is 0 Å². The second-order valence-electron chi connectivity index (χ2n) is 13.8. The second kappa shape index (κ2) is 22.9. The molecule has 0 rings (SSSR count). The topological polar surface area (TPSA) is 44.8 Å². The number of carbonyl (C=O) groups excluding carboxylic acids is 1. The Morgan fingerprint density at radius 3 is 1.32 bits per heavy atom. The van der Waals surface area contributed by atoms with Crippen LogP contribution in [0.4, 0.5) is 0 Å². The van der Waals surface area contributed by atoms with Crippen LogP contribution in [0.3, 0.4) is 0 Å². The van der Waals surface area contributed by atoms with Gasteiger partial charge < -0.3 is 14.2 Å². The highest BCUT2D eigenvalue weighted by molar-refractivity contribution is 5.86. The lowest BCUT2D eigenvalue weighted by Gasteiger charge is -2.19. The normalized spacial score (nSPS) is 12.3. The third kappa shape index (κ3) is 28.1. The van der Waals surface area contributed by atoms with E-state index in [4.69, 9.17) is 14.2 Å². The van der Waals surface area contributed by atoms with Crippen LogP contribution in [-0.2, 0) is 19.0 Å². The molecule has 0 heterocycles. The Labute approximate surface area is 238 Å². The van der Waals surface area contributed by atoms with Crippen molar-refractivity contribution < 1.29 is 19.0 Å². The van der Waals surface area contributed by atoms with Gasteiger partial charge in [-0.15, -0.1) is 0 Å². The van der Waals surface area contributed by atoms with Gasteiger partial charge in [0.25, 0.3) is 0 Å². The molecule has 0 radical (unpaired) electrons. The van der Waals surface area contributed by atoms with Gasteiger partial charge in [0, 0.05) is 25.2 Å². The van der Waals surface area contributed by atoms with E-state index in [1.165, 1.54) is 89.9 Å². The molecule has 0 bridgehead atoms. The van der Waals surface area contributed by atoms with Crippen LogP contribution < -0.4 is 0 Å². The number of ether oxygens (including phenoxy) is 3. The molecule has 0 aliphatic carbocycles. The van der Waals surface area contributed by atoms with Crippen molar-refractivity contribution in [1.82, 2.24) is 0 Å². The summed E-state index contributed by atoms with van der Waals surface area (Å²) in [5.74, 6) is -0.319. The van der Waals surface area contributed by atoms with E-state index in [-0.39, 0.29) is 12.3 Å². The van der Waals surface area contributed by atoms with Gasteiger partial charge in [0.15, 0.2) is 6.29 Å². The molecular formula is C34H66O4. The number of rotatable bonds is 25. The molecule has 0 amide bonds. The number of unbranched alkanes of at least 4 members (excludes halogenated alkanes) is 12. The van der Waals surface area contributed by atoms with Crippen LogP contribution in [0.15, 0.2) is 12.2 Å². The summed E-state index contributed by atoms with van der Waals surface area (Å²) in [6.45, 7) is 21.2. The first-order chi connectivity index (χ1) is 17.9. The van der Waals surface area contributed by atoms with Gasteiger partial charge in [-0.25, -0.2) is 4.79 Å². The number of hydrogen-bond acceptors (Lipinski definition) is 4. The Balaban J connectivity index is 3.99.